The summed E-state index contributed by atoms with van der Waals surface area (Å²) in [6.45, 7) is 8.12. The van der Waals surface area contributed by atoms with Gasteiger partial charge in [-0.2, -0.15) is 0 Å². The molecule has 0 amide bonds. The lowest BCUT2D eigenvalue weighted by Gasteiger charge is -2.19. The second-order valence-corrected chi connectivity index (χ2v) is 7.29. The Balaban J connectivity index is 1.85. The zero-order valence-electron chi connectivity index (χ0n) is 16.6. The molecule has 0 fully saturated rings. The zero-order chi connectivity index (χ0) is 19.7. The Hall–Kier alpha value is -2.60. The first-order valence-corrected chi connectivity index (χ1v) is 9.21. The predicted octanol–water partition coefficient (Wildman–Crippen LogP) is 4.26. The van der Waals surface area contributed by atoms with Crippen molar-refractivity contribution in [3.05, 3.63) is 54.6 Å². The molecule has 0 atom stereocenters. The number of hydrogen-bond donors (Lipinski definition) is 1. The molecule has 0 spiro atoms. The molecule has 0 aliphatic carbocycles. The molecule has 0 bridgehead atoms. The van der Waals surface area contributed by atoms with Gasteiger partial charge in [0.2, 0.25) is 0 Å². The third kappa shape index (κ3) is 7.27. The van der Waals surface area contributed by atoms with Crippen LogP contribution in [0.25, 0.3) is 11.4 Å². The van der Waals surface area contributed by atoms with E-state index in [1.807, 2.05) is 68.8 Å². The van der Waals surface area contributed by atoms with Gasteiger partial charge < -0.3 is 9.30 Å². The number of unbranched alkanes of at least 4 members (excludes halogenated alkanes) is 1. The normalized spacial score (nSPS) is 12.4. The molecule has 0 aliphatic rings. The van der Waals surface area contributed by atoms with Gasteiger partial charge in [-0.25, -0.2) is 4.98 Å². The standard InChI is InChI=1S/C21H29N3O3/c1-17(24-14-13-22-16-24)20(18-10-6-5-7-11-18)23-26-15-9-8-12-19(25)27-21(2,3)4/h5-7,10-11,13-14,16,23H,8-9,12,15H2,1-4H3. The number of nitrogens with one attached hydrogen (secondary N) is 1. The van der Waals surface area contributed by atoms with Crippen LogP contribution in [0, 0.1) is 0 Å². The van der Waals surface area contributed by atoms with Crippen LogP contribution in [-0.2, 0) is 14.4 Å². The highest BCUT2D eigenvalue weighted by Gasteiger charge is 2.15. The van der Waals surface area contributed by atoms with Gasteiger partial charge in [0.05, 0.1) is 18.6 Å². The smallest absolute Gasteiger partial charge is 0.306 e. The Kier molecular flexibility index (Phi) is 7.61. The van der Waals surface area contributed by atoms with Crippen LogP contribution in [0.15, 0.2) is 49.1 Å². The largest absolute Gasteiger partial charge is 0.460 e. The SMILES string of the molecule is CC(=C(NOCCCCC(=O)OC(C)(C)C)c1ccccc1)n1ccnc1. The van der Waals surface area contributed by atoms with Crippen LogP contribution in [0.2, 0.25) is 0 Å². The average Bonchev–Trinajstić information content (AvgIpc) is 3.14. The molecule has 1 N–H and O–H groups in total. The fourth-order valence-corrected chi connectivity index (χ4v) is 2.49. The number of benzene rings is 1. The molecule has 1 aromatic heterocycles. The lowest BCUT2D eigenvalue weighted by molar-refractivity contribution is -0.155. The highest BCUT2D eigenvalue weighted by molar-refractivity contribution is 5.80. The van der Waals surface area contributed by atoms with Crippen molar-refractivity contribution in [3.63, 3.8) is 0 Å². The number of imidazole rings is 1. The van der Waals surface area contributed by atoms with Crippen LogP contribution in [0.4, 0.5) is 0 Å². The average molecular weight is 371 g/mol. The van der Waals surface area contributed by atoms with E-state index in [4.69, 9.17) is 9.57 Å². The van der Waals surface area contributed by atoms with Crippen molar-refractivity contribution in [2.75, 3.05) is 6.61 Å². The number of aromatic nitrogens is 2. The van der Waals surface area contributed by atoms with E-state index in [1.54, 1.807) is 12.5 Å². The van der Waals surface area contributed by atoms with E-state index < -0.39 is 5.60 Å². The van der Waals surface area contributed by atoms with E-state index in [1.165, 1.54) is 0 Å². The number of carbonyl (C=O) groups is 1. The van der Waals surface area contributed by atoms with Crippen molar-refractivity contribution in [2.45, 2.75) is 52.6 Å². The third-order valence-corrected chi connectivity index (χ3v) is 3.79. The first kappa shape index (κ1) is 20.7. The number of esters is 1. The van der Waals surface area contributed by atoms with Gasteiger partial charge in [0.25, 0.3) is 0 Å². The van der Waals surface area contributed by atoms with Crippen molar-refractivity contribution in [1.29, 1.82) is 0 Å². The minimum absolute atomic E-state index is 0.170. The molecule has 0 unspecified atom stereocenters. The van der Waals surface area contributed by atoms with Crippen LogP contribution in [0.1, 0.15) is 52.5 Å². The molecule has 6 nitrogen and oxygen atoms in total. The third-order valence-electron chi connectivity index (χ3n) is 3.79. The fraction of sp³-hybridized carbons (Fsp3) is 0.429. The molecule has 0 saturated heterocycles. The molecule has 1 heterocycles. The minimum atomic E-state index is -0.435. The summed E-state index contributed by atoms with van der Waals surface area (Å²) in [7, 11) is 0. The Morgan fingerprint density at radius 1 is 1.19 bits per heavy atom. The molecule has 0 aliphatic heterocycles. The maximum absolute atomic E-state index is 11.7. The maximum Gasteiger partial charge on any atom is 0.306 e. The van der Waals surface area contributed by atoms with Gasteiger partial charge in [-0.1, -0.05) is 30.3 Å². The van der Waals surface area contributed by atoms with E-state index in [2.05, 4.69) is 10.5 Å². The molecule has 27 heavy (non-hydrogen) atoms. The van der Waals surface area contributed by atoms with Crippen LogP contribution in [0.3, 0.4) is 0 Å². The van der Waals surface area contributed by atoms with Crippen molar-refractivity contribution in [1.82, 2.24) is 15.0 Å². The quantitative estimate of drug-likeness (QED) is 0.405. The first-order valence-electron chi connectivity index (χ1n) is 9.21. The van der Waals surface area contributed by atoms with E-state index >= 15 is 0 Å². The number of allylic oxidation sites excluding steroid dienone is 1. The van der Waals surface area contributed by atoms with Crippen LogP contribution < -0.4 is 5.48 Å². The van der Waals surface area contributed by atoms with Crippen molar-refractivity contribution in [3.8, 4) is 0 Å². The topological polar surface area (TPSA) is 65.4 Å². The van der Waals surface area contributed by atoms with Gasteiger partial charge in [0, 0.05) is 30.1 Å². The monoisotopic (exact) mass is 371 g/mol. The fourth-order valence-electron chi connectivity index (χ4n) is 2.49. The highest BCUT2D eigenvalue weighted by atomic mass is 16.6. The Bertz CT molecular complexity index is 732. The van der Waals surface area contributed by atoms with Crippen LogP contribution in [0.5, 0.6) is 0 Å². The lowest BCUT2D eigenvalue weighted by Crippen LogP contribution is -2.23. The molecular formula is C21H29N3O3. The number of rotatable bonds is 9. The van der Waals surface area contributed by atoms with E-state index in [9.17, 15) is 4.79 Å². The number of nitrogens with zero attached hydrogens (tertiary/aromatic N) is 2. The molecule has 0 radical (unpaired) electrons. The van der Waals surface area contributed by atoms with Gasteiger partial charge in [-0.3, -0.25) is 15.1 Å². The van der Waals surface area contributed by atoms with Crippen molar-refractivity contribution < 1.29 is 14.4 Å². The van der Waals surface area contributed by atoms with Crippen LogP contribution in [-0.4, -0.2) is 27.7 Å². The second-order valence-electron chi connectivity index (χ2n) is 7.29. The molecule has 6 heteroatoms. The molecule has 2 rings (SSSR count). The summed E-state index contributed by atoms with van der Waals surface area (Å²) in [5, 5.41) is 0. The van der Waals surface area contributed by atoms with Gasteiger partial charge in [-0.05, 0) is 40.5 Å². The van der Waals surface area contributed by atoms with E-state index in [0.717, 1.165) is 29.8 Å². The summed E-state index contributed by atoms with van der Waals surface area (Å²) in [6.07, 6.45) is 7.27. The summed E-state index contributed by atoms with van der Waals surface area (Å²) in [5.74, 6) is -0.170. The molecule has 2 aromatic rings. The number of hydrogen-bond acceptors (Lipinski definition) is 5. The number of carbonyl (C=O) groups excluding carboxylic acids is 1. The highest BCUT2D eigenvalue weighted by Crippen LogP contribution is 2.19. The Morgan fingerprint density at radius 2 is 1.93 bits per heavy atom. The zero-order valence-corrected chi connectivity index (χ0v) is 16.6. The van der Waals surface area contributed by atoms with Crippen molar-refractivity contribution in [2.24, 2.45) is 0 Å². The predicted molar refractivity (Wildman–Crippen MR) is 106 cm³/mol. The molecule has 146 valence electrons. The maximum atomic E-state index is 11.7. The van der Waals surface area contributed by atoms with Gasteiger partial charge in [0.15, 0.2) is 0 Å². The summed E-state index contributed by atoms with van der Waals surface area (Å²) in [4.78, 5) is 21.5. The summed E-state index contributed by atoms with van der Waals surface area (Å²) in [6, 6.07) is 9.99. The van der Waals surface area contributed by atoms with Crippen molar-refractivity contribution >= 4 is 17.4 Å². The minimum Gasteiger partial charge on any atom is -0.460 e. The van der Waals surface area contributed by atoms with E-state index in [0.29, 0.717) is 13.0 Å². The first-order chi connectivity index (χ1) is 12.9. The van der Waals surface area contributed by atoms with Gasteiger partial charge in [0.1, 0.15) is 5.60 Å². The summed E-state index contributed by atoms with van der Waals surface area (Å²) >= 11 is 0. The lowest BCUT2D eigenvalue weighted by atomic mass is 10.1. The number of ether oxygens (including phenoxy) is 1. The summed E-state index contributed by atoms with van der Waals surface area (Å²) < 4.78 is 7.23. The van der Waals surface area contributed by atoms with E-state index in [-0.39, 0.29) is 5.97 Å². The Morgan fingerprint density at radius 3 is 2.56 bits per heavy atom. The Labute approximate surface area is 161 Å². The van der Waals surface area contributed by atoms with Crippen LogP contribution >= 0.6 is 0 Å². The summed E-state index contributed by atoms with van der Waals surface area (Å²) in [5.41, 5.74) is 5.51. The molecule has 1 aromatic carbocycles. The van der Waals surface area contributed by atoms with Gasteiger partial charge in [-0.15, -0.1) is 0 Å². The molecule has 0 saturated carbocycles. The number of hydroxylamine groups is 1. The second kappa shape index (κ2) is 9.92. The van der Waals surface area contributed by atoms with Gasteiger partial charge >= 0.3 is 5.97 Å². The molecular weight excluding hydrogens is 342 g/mol.